The number of benzene rings is 2. The fraction of sp³-hybridized carbons (Fsp3) is 0.250. The zero-order chi connectivity index (χ0) is 21.4. The van der Waals surface area contributed by atoms with Gasteiger partial charge < -0.3 is 9.84 Å². The molecule has 1 amide bonds. The van der Waals surface area contributed by atoms with Gasteiger partial charge in [-0.1, -0.05) is 53.7 Å². The number of nitrogens with one attached hydrogen (secondary N) is 1. The van der Waals surface area contributed by atoms with Crippen molar-refractivity contribution in [2.24, 2.45) is 0 Å². The third-order valence-electron chi connectivity index (χ3n) is 5.61. The Balaban J connectivity index is 1.46. The highest BCUT2D eigenvalue weighted by Gasteiger charge is 2.29. The van der Waals surface area contributed by atoms with Gasteiger partial charge in [0, 0.05) is 17.4 Å². The zero-order valence-corrected chi connectivity index (χ0v) is 17.1. The number of amides is 1. The lowest BCUT2D eigenvalue weighted by Crippen LogP contribution is -2.33. The Morgan fingerprint density at radius 3 is 2.68 bits per heavy atom. The number of carbonyl (C=O) groups is 1. The standard InChI is InChI=1S/C24H22N4O3/c1-15(16-7-3-2-4-8-16)25-21(29)14-28-20-10-6-5-9-18(20)19(13-22(28)30)24-26-23(27-31-24)17-11-12-17/h2-10,13,15,17H,11-12,14H2,1H3,(H,25,29). The van der Waals surface area contributed by atoms with E-state index in [9.17, 15) is 9.59 Å². The molecule has 1 unspecified atom stereocenters. The van der Waals surface area contributed by atoms with E-state index in [2.05, 4.69) is 15.5 Å². The average Bonchev–Trinajstić information content (AvgIpc) is 3.53. The van der Waals surface area contributed by atoms with Gasteiger partial charge in [0.2, 0.25) is 5.91 Å². The van der Waals surface area contributed by atoms with Crippen LogP contribution in [0.4, 0.5) is 0 Å². The Labute approximate surface area is 178 Å². The summed E-state index contributed by atoms with van der Waals surface area (Å²) in [6.07, 6.45) is 2.13. The van der Waals surface area contributed by atoms with Gasteiger partial charge in [-0.05, 0) is 31.4 Å². The summed E-state index contributed by atoms with van der Waals surface area (Å²) in [6.45, 7) is 1.85. The van der Waals surface area contributed by atoms with Crippen molar-refractivity contribution in [3.63, 3.8) is 0 Å². The van der Waals surface area contributed by atoms with Crippen molar-refractivity contribution in [3.05, 3.63) is 82.4 Å². The highest BCUT2D eigenvalue weighted by atomic mass is 16.5. The number of hydrogen-bond acceptors (Lipinski definition) is 5. The van der Waals surface area contributed by atoms with Crippen LogP contribution in [0.2, 0.25) is 0 Å². The van der Waals surface area contributed by atoms with Crippen molar-refractivity contribution < 1.29 is 9.32 Å². The normalized spacial score (nSPS) is 14.5. The summed E-state index contributed by atoms with van der Waals surface area (Å²) in [5, 5.41) is 7.82. The van der Waals surface area contributed by atoms with Crippen LogP contribution in [-0.2, 0) is 11.3 Å². The highest BCUT2D eigenvalue weighted by molar-refractivity contribution is 5.93. The fourth-order valence-electron chi connectivity index (χ4n) is 3.78. The Morgan fingerprint density at radius 1 is 1.16 bits per heavy atom. The minimum Gasteiger partial charge on any atom is -0.348 e. The van der Waals surface area contributed by atoms with Crippen molar-refractivity contribution in [2.45, 2.75) is 38.3 Å². The predicted molar refractivity (Wildman–Crippen MR) is 116 cm³/mol. The molecule has 1 saturated carbocycles. The molecule has 2 aromatic carbocycles. The second-order valence-electron chi connectivity index (χ2n) is 7.93. The van der Waals surface area contributed by atoms with Gasteiger partial charge in [-0.2, -0.15) is 4.98 Å². The van der Waals surface area contributed by atoms with Gasteiger partial charge >= 0.3 is 0 Å². The molecule has 0 aliphatic heterocycles. The molecule has 0 spiro atoms. The first kappa shape index (κ1) is 19.2. The number of pyridine rings is 1. The third-order valence-corrected chi connectivity index (χ3v) is 5.61. The molecule has 7 heteroatoms. The molecule has 1 aliphatic rings. The van der Waals surface area contributed by atoms with Gasteiger partial charge in [0.15, 0.2) is 5.82 Å². The minimum absolute atomic E-state index is 0.0754. The van der Waals surface area contributed by atoms with Crippen LogP contribution >= 0.6 is 0 Å². The Hall–Kier alpha value is -3.74. The first-order chi connectivity index (χ1) is 15.1. The summed E-state index contributed by atoms with van der Waals surface area (Å²) in [5.41, 5.74) is 1.96. The summed E-state index contributed by atoms with van der Waals surface area (Å²) in [7, 11) is 0. The molecule has 0 radical (unpaired) electrons. The van der Waals surface area contributed by atoms with Crippen molar-refractivity contribution in [1.29, 1.82) is 0 Å². The maximum absolute atomic E-state index is 13.0. The second-order valence-corrected chi connectivity index (χ2v) is 7.93. The Morgan fingerprint density at radius 2 is 1.90 bits per heavy atom. The van der Waals surface area contributed by atoms with E-state index in [1.54, 1.807) is 0 Å². The molecule has 0 saturated heterocycles. The highest BCUT2D eigenvalue weighted by Crippen LogP contribution is 2.39. The van der Waals surface area contributed by atoms with Crippen LogP contribution in [0.25, 0.3) is 22.4 Å². The monoisotopic (exact) mass is 414 g/mol. The van der Waals surface area contributed by atoms with Crippen molar-refractivity contribution in [3.8, 4) is 11.5 Å². The van der Waals surface area contributed by atoms with Crippen LogP contribution in [0, 0.1) is 0 Å². The number of para-hydroxylation sites is 1. The summed E-state index contributed by atoms with van der Waals surface area (Å²) < 4.78 is 6.93. The molecule has 1 atom stereocenters. The van der Waals surface area contributed by atoms with Gasteiger partial charge in [-0.15, -0.1) is 0 Å². The lowest BCUT2D eigenvalue weighted by atomic mass is 10.1. The smallest absolute Gasteiger partial charge is 0.258 e. The van der Waals surface area contributed by atoms with Crippen LogP contribution in [0.5, 0.6) is 0 Å². The van der Waals surface area contributed by atoms with E-state index in [0.717, 1.165) is 23.8 Å². The maximum Gasteiger partial charge on any atom is 0.258 e. The van der Waals surface area contributed by atoms with Crippen LogP contribution in [-0.4, -0.2) is 20.6 Å². The number of nitrogens with zero attached hydrogens (tertiary/aromatic N) is 3. The lowest BCUT2D eigenvalue weighted by molar-refractivity contribution is -0.122. The van der Waals surface area contributed by atoms with Crippen LogP contribution in [0.1, 0.15) is 43.1 Å². The molecular formula is C24H22N4O3. The number of carbonyl (C=O) groups excluding carboxylic acids is 1. The molecule has 31 heavy (non-hydrogen) atoms. The van der Waals surface area contributed by atoms with E-state index in [-0.39, 0.29) is 24.1 Å². The molecular weight excluding hydrogens is 392 g/mol. The topological polar surface area (TPSA) is 90.0 Å². The van der Waals surface area contributed by atoms with Gasteiger partial charge in [-0.25, -0.2) is 0 Å². The van der Waals surface area contributed by atoms with E-state index in [1.807, 2.05) is 61.5 Å². The Kier molecular flexibility index (Phi) is 4.86. The van der Waals surface area contributed by atoms with E-state index in [0.29, 0.717) is 28.7 Å². The van der Waals surface area contributed by atoms with Gasteiger partial charge in [0.05, 0.1) is 17.1 Å². The number of hydrogen-bond donors (Lipinski definition) is 1. The average molecular weight is 414 g/mol. The SMILES string of the molecule is CC(NC(=O)Cn1c(=O)cc(-c2nc(C3CC3)no2)c2ccccc21)c1ccccc1. The molecule has 1 fully saturated rings. The second kappa shape index (κ2) is 7.83. The predicted octanol–water partition coefficient (Wildman–Crippen LogP) is 3.81. The molecule has 4 aromatic rings. The van der Waals surface area contributed by atoms with Crippen LogP contribution in [0.3, 0.4) is 0 Å². The largest absolute Gasteiger partial charge is 0.348 e. The van der Waals surface area contributed by atoms with E-state index >= 15 is 0 Å². The summed E-state index contributed by atoms with van der Waals surface area (Å²) in [6, 6.07) is 18.5. The van der Waals surface area contributed by atoms with Gasteiger partial charge in [0.1, 0.15) is 6.54 Å². The molecule has 1 N–H and O–H groups in total. The van der Waals surface area contributed by atoms with E-state index in [1.165, 1.54) is 10.6 Å². The van der Waals surface area contributed by atoms with Crippen molar-refractivity contribution in [1.82, 2.24) is 20.0 Å². The Bertz CT molecular complexity index is 1310. The van der Waals surface area contributed by atoms with Gasteiger partial charge in [-0.3, -0.25) is 14.2 Å². The first-order valence-corrected chi connectivity index (χ1v) is 10.4. The quantitative estimate of drug-likeness (QED) is 0.518. The lowest BCUT2D eigenvalue weighted by Gasteiger charge is -2.16. The molecule has 2 heterocycles. The molecule has 1 aliphatic carbocycles. The molecule has 7 nitrogen and oxygen atoms in total. The number of rotatable bonds is 6. The number of aromatic nitrogens is 3. The number of fused-ring (bicyclic) bond motifs is 1. The summed E-state index contributed by atoms with van der Waals surface area (Å²) in [5.74, 6) is 1.16. The molecule has 156 valence electrons. The van der Waals surface area contributed by atoms with Crippen LogP contribution in [0.15, 0.2) is 70.0 Å². The molecule has 5 rings (SSSR count). The summed E-state index contributed by atoms with van der Waals surface area (Å²) >= 11 is 0. The van der Waals surface area contributed by atoms with E-state index < -0.39 is 0 Å². The van der Waals surface area contributed by atoms with Crippen LogP contribution < -0.4 is 10.9 Å². The molecule has 2 aromatic heterocycles. The zero-order valence-electron chi connectivity index (χ0n) is 17.1. The van der Waals surface area contributed by atoms with Gasteiger partial charge in [0.25, 0.3) is 11.4 Å². The first-order valence-electron chi connectivity index (χ1n) is 10.4. The molecule has 0 bridgehead atoms. The fourth-order valence-corrected chi connectivity index (χ4v) is 3.78. The third kappa shape index (κ3) is 3.86. The van der Waals surface area contributed by atoms with Crippen molar-refractivity contribution in [2.75, 3.05) is 0 Å². The van der Waals surface area contributed by atoms with Crippen molar-refractivity contribution >= 4 is 16.8 Å². The summed E-state index contributed by atoms with van der Waals surface area (Å²) in [4.78, 5) is 30.2. The maximum atomic E-state index is 13.0. The van der Waals surface area contributed by atoms with E-state index in [4.69, 9.17) is 4.52 Å². The minimum atomic E-state index is -0.289.